The SMILES string of the molecule is Cn1c(-c2ccc(N)cn2)cc2ccccc21. The van der Waals surface area contributed by atoms with Crippen molar-refractivity contribution < 1.29 is 0 Å². The second kappa shape index (κ2) is 3.63. The van der Waals surface area contributed by atoms with E-state index in [1.165, 1.54) is 10.9 Å². The van der Waals surface area contributed by atoms with Gasteiger partial charge in [-0.3, -0.25) is 4.98 Å². The van der Waals surface area contributed by atoms with E-state index in [4.69, 9.17) is 5.73 Å². The number of aryl methyl sites for hydroxylation is 1. The lowest BCUT2D eigenvalue weighted by Gasteiger charge is -2.03. The van der Waals surface area contributed by atoms with Gasteiger partial charge in [0.1, 0.15) is 0 Å². The fraction of sp³-hybridized carbons (Fsp3) is 0.0714. The van der Waals surface area contributed by atoms with E-state index in [2.05, 4.69) is 34.8 Å². The zero-order valence-corrected chi connectivity index (χ0v) is 9.59. The highest BCUT2D eigenvalue weighted by atomic mass is 15.0. The normalized spacial score (nSPS) is 10.9. The van der Waals surface area contributed by atoms with Gasteiger partial charge in [0.15, 0.2) is 0 Å². The molecule has 3 rings (SSSR count). The van der Waals surface area contributed by atoms with Gasteiger partial charge < -0.3 is 10.3 Å². The van der Waals surface area contributed by atoms with Crippen LogP contribution in [0.1, 0.15) is 0 Å². The van der Waals surface area contributed by atoms with E-state index < -0.39 is 0 Å². The lowest BCUT2D eigenvalue weighted by molar-refractivity contribution is 0.970. The smallest absolute Gasteiger partial charge is 0.0868 e. The molecule has 0 fully saturated rings. The molecule has 0 bridgehead atoms. The highest BCUT2D eigenvalue weighted by molar-refractivity contribution is 5.86. The first-order valence-electron chi connectivity index (χ1n) is 5.52. The molecule has 3 nitrogen and oxygen atoms in total. The predicted molar refractivity (Wildman–Crippen MR) is 70.6 cm³/mol. The molecule has 0 amide bonds. The molecule has 2 N–H and O–H groups in total. The van der Waals surface area contributed by atoms with Crippen LogP contribution < -0.4 is 5.73 Å². The van der Waals surface area contributed by atoms with Crippen LogP contribution in [0.25, 0.3) is 22.3 Å². The van der Waals surface area contributed by atoms with E-state index in [0.717, 1.165) is 11.4 Å². The van der Waals surface area contributed by atoms with Crippen molar-refractivity contribution in [2.24, 2.45) is 7.05 Å². The van der Waals surface area contributed by atoms with Crippen LogP contribution in [0.3, 0.4) is 0 Å². The minimum Gasteiger partial charge on any atom is -0.397 e. The minimum atomic E-state index is 0.688. The van der Waals surface area contributed by atoms with Gasteiger partial charge in [-0.1, -0.05) is 18.2 Å². The molecule has 2 heterocycles. The van der Waals surface area contributed by atoms with Crippen LogP contribution >= 0.6 is 0 Å². The average molecular weight is 223 g/mol. The molecule has 3 heteroatoms. The predicted octanol–water partition coefficient (Wildman–Crippen LogP) is 2.82. The Morgan fingerprint density at radius 1 is 1.12 bits per heavy atom. The molecule has 0 saturated carbocycles. The number of nitrogens with two attached hydrogens (primary N) is 1. The summed E-state index contributed by atoms with van der Waals surface area (Å²) in [6, 6.07) is 14.3. The molecule has 1 aromatic carbocycles. The van der Waals surface area contributed by atoms with Gasteiger partial charge in [-0.25, -0.2) is 0 Å². The van der Waals surface area contributed by atoms with Crippen molar-refractivity contribution in [3.8, 4) is 11.4 Å². The second-order valence-electron chi connectivity index (χ2n) is 4.12. The van der Waals surface area contributed by atoms with Gasteiger partial charge in [0.25, 0.3) is 0 Å². The Hall–Kier alpha value is -2.29. The van der Waals surface area contributed by atoms with E-state index in [-0.39, 0.29) is 0 Å². The highest BCUT2D eigenvalue weighted by Gasteiger charge is 2.07. The van der Waals surface area contributed by atoms with Crippen molar-refractivity contribution in [1.82, 2.24) is 9.55 Å². The number of nitrogen functional groups attached to an aromatic ring is 1. The van der Waals surface area contributed by atoms with Crippen molar-refractivity contribution in [2.45, 2.75) is 0 Å². The molecule has 0 aliphatic heterocycles. The first-order valence-corrected chi connectivity index (χ1v) is 5.52. The number of hydrogen-bond donors (Lipinski definition) is 1. The summed E-state index contributed by atoms with van der Waals surface area (Å²) in [5.74, 6) is 0. The van der Waals surface area contributed by atoms with Gasteiger partial charge in [-0.15, -0.1) is 0 Å². The zero-order valence-electron chi connectivity index (χ0n) is 9.59. The average Bonchev–Trinajstić information content (AvgIpc) is 2.69. The Bertz CT molecular complexity index is 666. The van der Waals surface area contributed by atoms with Crippen LogP contribution in [0.2, 0.25) is 0 Å². The number of fused-ring (bicyclic) bond motifs is 1. The molecule has 3 aromatic rings. The Labute approximate surface area is 99.5 Å². The molecule has 2 aromatic heterocycles. The van der Waals surface area contributed by atoms with Crippen LogP contribution in [0.5, 0.6) is 0 Å². The van der Waals surface area contributed by atoms with E-state index in [9.17, 15) is 0 Å². The lowest BCUT2D eigenvalue weighted by atomic mass is 10.2. The van der Waals surface area contributed by atoms with Crippen molar-refractivity contribution in [3.05, 3.63) is 48.7 Å². The van der Waals surface area contributed by atoms with Crippen molar-refractivity contribution in [3.63, 3.8) is 0 Å². The molecule has 0 aliphatic rings. The molecule has 0 radical (unpaired) electrons. The van der Waals surface area contributed by atoms with Crippen LogP contribution in [-0.4, -0.2) is 9.55 Å². The Morgan fingerprint density at radius 3 is 2.65 bits per heavy atom. The third-order valence-corrected chi connectivity index (χ3v) is 3.00. The summed E-state index contributed by atoms with van der Waals surface area (Å²) in [5, 5.41) is 1.23. The fourth-order valence-corrected chi connectivity index (χ4v) is 2.09. The molecular formula is C14H13N3. The van der Waals surface area contributed by atoms with Crippen molar-refractivity contribution >= 4 is 16.6 Å². The summed E-state index contributed by atoms with van der Waals surface area (Å²) >= 11 is 0. The first-order chi connectivity index (χ1) is 8.25. The van der Waals surface area contributed by atoms with Gasteiger partial charge in [-0.2, -0.15) is 0 Å². The van der Waals surface area contributed by atoms with Gasteiger partial charge in [0.05, 0.1) is 23.3 Å². The van der Waals surface area contributed by atoms with Gasteiger partial charge in [0, 0.05) is 18.0 Å². The number of hydrogen-bond acceptors (Lipinski definition) is 2. The first kappa shape index (κ1) is 9.90. The van der Waals surface area contributed by atoms with Gasteiger partial charge in [-0.05, 0) is 24.3 Å². The number of nitrogens with zero attached hydrogens (tertiary/aromatic N) is 2. The highest BCUT2D eigenvalue weighted by Crippen LogP contribution is 2.25. The number of pyridine rings is 1. The number of anilines is 1. The minimum absolute atomic E-state index is 0.688. The Kier molecular flexibility index (Phi) is 2.11. The third-order valence-electron chi connectivity index (χ3n) is 3.00. The zero-order chi connectivity index (χ0) is 11.8. The van der Waals surface area contributed by atoms with Crippen LogP contribution in [0.4, 0.5) is 5.69 Å². The van der Waals surface area contributed by atoms with E-state index in [0.29, 0.717) is 5.69 Å². The molecule has 17 heavy (non-hydrogen) atoms. The number of aromatic nitrogens is 2. The molecule has 0 unspecified atom stereocenters. The Morgan fingerprint density at radius 2 is 1.94 bits per heavy atom. The van der Waals surface area contributed by atoms with E-state index >= 15 is 0 Å². The number of rotatable bonds is 1. The number of benzene rings is 1. The third kappa shape index (κ3) is 1.56. The second-order valence-corrected chi connectivity index (χ2v) is 4.12. The summed E-state index contributed by atoms with van der Waals surface area (Å²) in [5.41, 5.74) is 9.59. The standard InChI is InChI=1S/C14H13N3/c1-17-13-5-3-2-4-10(13)8-14(17)12-7-6-11(15)9-16-12/h2-9H,15H2,1H3. The largest absolute Gasteiger partial charge is 0.397 e. The maximum atomic E-state index is 5.65. The van der Waals surface area contributed by atoms with E-state index in [1.807, 2.05) is 24.3 Å². The van der Waals surface area contributed by atoms with Crippen molar-refractivity contribution in [2.75, 3.05) is 5.73 Å². The van der Waals surface area contributed by atoms with Crippen LogP contribution in [0, 0.1) is 0 Å². The van der Waals surface area contributed by atoms with Crippen LogP contribution in [-0.2, 0) is 7.05 Å². The molecule has 0 spiro atoms. The monoisotopic (exact) mass is 223 g/mol. The van der Waals surface area contributed by atoms with Crippen LogP contribution in [0.15, 0.2) is 48.7 Å². The molecule has 84 valence electrons. The molecular weight excluding hydrogens is 210 g/mol. The summed E-state index contributed by atoms with van der Waals surface area (Å²) in [6.45, 7) is 0. The molecule has 0 atom stereocenters. The van der Waals surface area contributed by atoms with Gasteiger partial charge >= 0.3 is 0 Å². The molecule has 0 saturated heterocycles. The summed E-state index contributed by atoms with van der Waals surface area (Å²) in [6.07, 6.45) is 1.69. The topological polar surface area (TPSA) is 43.8 Å². The molecule has 0 aliphatic carbocycles. The summed E-state index contributed by atoms with van der Waals surface area (Å²) < 4.78 is 2.15. The lowest BCUT2D eigenvalue weighted by Crippen LogP contribution is -1.94. The fourth-order valence-electron chi connectivity index (χ4n) is 2.09. The van der Waals surface area contributed by atoms with Crippen molar-refractivity contribution in [1.29, 1.82) is 0 Å². The Balaban J connectivity index is 2.24. The number of para-hydroxylation sites is 1. The maximum Gasteiger partial charge on any atom is 0.0868 e. The quantitative estimate of drug-likeness (QED) is 0.689. The summed E-state index contributed by atoms with van der Waals surface area (Å²) in [7, 11) is 2.05. The summed E-state index contributed by atoms with van der Waals surface area (Å²) in [4.78, 5) is 4.36. The maximum absolute atomic E-state index is 5.65. The van der Waals surface area contributed by atoms with E-state index in [1.54, 1.807) is 6.20 Å². The van der Waals surface area contributed by atoms with Gasteiger partial charge in [0.2, 0.25) is 0 Å².